The average molecular weight is 368 g/mol. The van der Waals surface area contributed by atoms with Crippen molar-refractivity contribution in [2.45, 2.75) is 45.6 Å². The quantitative estimate of drug-likeness (QED) is 0.843. The highest BCUT2D eigenvalue weighted by atomic mass is 16.5. The first kappa shape index (κ1) is 19.1. The van der Waals surface area contributed by atoms with Gasteiger partial charge in [0, 0.05) is 30.9 Å². The molecule has 0 spiro atoms. The summed E-state index contributed by atoms with van der Waals surface area (Å²) in [5, 5.41) is 3.04. The summed E-state index contributed by atoms with van der Waals surface area (Å²) < 4.78 is 5.22. The van der Waals surface area contributed by atoms with Crippen LogP contribution in [-0.2, 0) is 0 Å². The maximum Gasteiger partial charge on any atom is 0.256 e. The lowest BCUT2D eigenvalue weighted by molar-refractivity contribution is 0.0939. The van der Waals surface area contributed by atoms with Crippen molar-refractivity contribution in [3.05, 3.63) is 36.0 Å². The average Bonchev–Trinajstić information content (AvgIpc) is 2.73. The molecule has 1 aromatic heterocycles. The second kappa shape index (κ2) is 8.84. The van der Waals surface area contributed by atoms with Gasteiger partial charge in [0.15, 0.2) is 5.82 Å². The Bertz CT molecular complexity index is 770. The van der Waals surface area contributed by atoms with E-state index < -0.39 is 0 Å². The van der Waals surface area contributed by atoms with Crippen LogP contribution in [0.4, 0.5) is 5.82 Å². The van der Waals surface area contributed by atoms with Crippen LogP contribution in [0.5, 0.6) is 5.75 Å². The van der Waals surface area contributed by atoms with Crippen molar-refractivity contribution in [2.75, 3.05) is 25.1 Å². The van der Waals surface area contributed by atoms with Crippen LogP contribution < -0.4 is 15.0 Å². The molecule has 6 nitrogen and oxygen atoms in total. The molecule has 1 fully saturated rings. The van der Waals surface area contributed by atoms with Gasteiger partial charge < -0.3 is 15.0 Å². The van der Waals surface area contributed by atoms with Crippen molar-refractivity contribution >= 4 is 11.7 Å². The SMILES string of the molecule is CCC(C)NC(=O)c1cnc(-c2ccc(OC)cc2)nc1N1CCCCC1. The first-order valence-electron chi connectivity index (χ1n) is 9.69. The summed E-state index contributed by atoms with van der Waals surface area (Å²) in [5.41, 5.74) is 1.46. The Morgan fingerprint density at radius 1 is 1.22 bits per heavy atom. The Morgan fingerprint density at radius 2 is 1.93 bits per heavy atom. The van der Waals surface area contributed by atoms with Crippen LogP contribution in [0.25, 0.3) is 11.4 Å². The lowest BCUT2D eigenvalue weighted by Gasteiger charge is -2.29. The van der Waals surface area contributed by atoms with Crippen molar-refractivity contribution in [3.63, 3.8) is 0 Å². The van der Waals surface area contributed by atoms with E-state index in [1.807, 2.05) is 31.2 Å². The number of ether oxygens (including phenoxy) is 1. The summed E-state index contributed by atoms with van der Waals surface area (Å²) in [4.78, 5) is 24.3. The molecule has 1 atom stereocenters. The number of carbonyl (C=O) groups excluding carboxylic acids is 1. The molecule has 1 unspecified atom stereocenters. The molecule has 0 bridgehead atoms. The number of anilines is 1. The molecule has 1 aliphatic rings. The summed E-state index contributed by atoms with van der Waals surface area (Å²) in [7, 11) is 1.64. The molecule has 1 aromatic carbocycles. The maximum absolute atomic E-state index is 12.8. The Morgan fingerprint density at radius 3 is 2.56 bits per heavy atom. The number of hydrogen-bond acceptors (Lipinski definition) is 5. The van der Waals surface area contributed by atoms with E-state index in [4.69, 9.17) is 9.72 Å². The largest absolute Gasteiger partial charge is 0.497 e. The van der Waals surface area contributed by atoms with E-state index in [2.05, 4.69) is 22.1 Å². The van der Waals surface area contributed by atoms with Gasteiger partial charge in [-0.15, -0.1) is 0 Å². The van der Waals surface area contributed by atoms with Gasteiger partial charge in [0.2, 0.25) is 0 Å². The third-order valence-corrected chi connectivity index (χ3v) is 5.01. The van der Waals surface area contributed by atoms with Gasteiger partial charge in [-0.1, -0.05) is 6.92 Å². The van der Waals surface area contributed by atoms with Crippen LogP contribution in [0.2, 0.25) is 0 Å². The van der Waals surface area contributed by atoms with Gasteiger partial charge >= 0.3 is 0 Å². The van der Waals surface area contributed by atoms with E-state index in [1.54, 1.807) is 13.3 Å². The van der Waals surface area contributed by atoms with Crippen molar-refractivity contribution in [1.82, 2.24) is 15.3 Å². The molecule has 1 saturated heterocycles. The number of benzene rings is 1. The number of amides is 1. The second-order valence-electron chi connectivity index (χ2n) is 6.99. The van der Waals surface area contributed by atoms with E-state index >= 15 is 0 Å². The fourth-order valence-electron chi connectivity index (χ4n) is 3.16. The van der Waals surface area contributed by atoms with Gasteiger partial charge in [-0.05, 0) is 56.9 Å². The number of nitrogens with one attached hydrogen (secondary N) is 1. The predicted molar refractivity (Wildman–Crippen MR) is 107 cm³/mol. The zero-order valence-electron chi connectivity index (χ0n) is 16.4. The van der Waals surface area contributed by atoms with Crippen molar-refractivity contribution in [3.8, 4) is 17.1 Å². The first-order valence-corrected chi connectivity index (χ1v) is 9.69. The molecule has 6 heteroatoms. The monoisotopic (exact) mass is 368 g/mol. The van der Waals surface area contributed by atoms with Crippen LogP contribution in [0.15, 0.2) is 30.5 Å². The Labute approximate surface area is 161 Å². The van der Waals surface area contributed by atoms with Gasteiger partial charge in [-0.25, -0.2) is 9.97 Å². The van der Waals surface area contributed by atoms with Crippen LogP contribution in [0, 0.1) is 0 Å². The lowest BCUT2D eigenvalue weighted by atomic mass is 10.1. The maximum atomic E-state index is 12.8. The number of hydrogen-bond donors (Lipinski definition) is 1. The van der Waals surface area contributed by atoms with Gasteiger partial charge in [-0.3, -0.25) is 4.79 Å². The minimum atomic E-state index is -0.105. The molecule has 1 aliphatic heterocycles. The zero-order chi connectivity index (χ0) is 19.2. The standard InChI is InChI=1S/C21H28N4O2/c1-4-15(2)23-21(26)18-14-22-19(16-8-10-17(27-3)11-9-16)24-20(18)25-12-6-5-7-13-25/h8-11,14-15H,4-7,12-13H2,1-3H3,(H,23,26). The van der Waals surface area contributed by atoms with Crippen LogP contribution in [0.1, 0.15) is 49.9 Å². The Balaban J connectivity index is 1.96. The molecule has 0 radical (unpaired) electrons. The topological polar surface area (TPSA) is 67.3 Å². The summed E-state index contributed by atoms with van der Waals surface area (Å²) in [6, 6.07) is 7.78. The summed E-state index contributed by atoms with van der Waals surface area (Å²) >= 11 is 0. The molecule has 0 aliphatic carbocycles. The zero-order valence-corrected chi connectivity index (χ0v) is 16.4. The minimum Gasteiger partial charge on any atom is -0.497 e. The molecule has 1 amide bonds. The van der Waals surface area contributed by atoms with Crippen molar-refractivity contribution in [1.29, 1.82) is 0 Å². The number of nitrogens with zero attached hydrogens (tertiary/aromatic N) is 3. The minimum absolute atomic E-state index is 0.105. The summed E-state index contributed by atoms with van der Waals surface area (Å²) in [6.45, 7) is 5.90. The molecule has 3 rings (SSSR count). The smallest absolute Gasteiger partial charge is 0.256 e. The van der Waals surface area contributed by atoms with Crippen molar-refractivity contribution < 1.29 is 9.53 Å². The van der Waals surface area contributed by atoms with Gasteiger partial charge in [0.05, 0.1) is 7.11 Å². The third kappa shape index (κ3) is 4.56. The summed E-state index contributed by atoms with van der Waals surface area (Å²) in [5.74, 6) is 2.04. The van der Waals surface area contributed by atoms with E-state index in [0.29, 0.717) is 11.4 Å². The molecule has 144 valence electrons. The molecular formula is C21H28N4O2. The van der Waals surface area contributed by atoms with Gasteiger partial charge in [0.25, 0.3) is 5.91 Å². The fourth-order valence-corrected chi connectivity index (χ4v) is 3.16. The highest BCUT2D eigenvalue weighted by Crippen LogP contribution is 2.26. The van der Waals surface area contributed by atoms with Crippen LogP contribution in [0.3, 0.4) is 0 Å². The van der Waals surface area contributed by atoms with Gasteiger partial charge in [-0.2, -0.15) is 0 Å². The first-order chi connectivity index (χ1) is 13.1. The van der Waals surface area contributed by atoms with E-state index in [1.165, 1.54) is 6.42 Å². The number of methoxy groups -OCH3 is 1. The number of piperidine rings is 1. The van der Waals surface area contributed by atoms with E-state index in [0.717, 1.165) is 49.5 Å². The predicted octanol–water partition coefficient (Wildman–Crippen LogP) is 3.67. The van der Waals surface area contributed by atoms with Crippen molar-refractivity contribution in [2.24, 2.45) is 0 Å². The molecule has 1 N–H and O–H groups in total. The fraction of sp³-hybridized carbons (Fsp3) is 0.476. The van der Waals surface area contributed by atoms with Crippen LogP contribution >= 0.6 is 0 Å². The second-order valence-corrected chi connectivity index (χ2v) is 6.99. The molecule has 2 heterocycles. The molecule has 27 heavy (non-hydrogen) atoms. The highest BCUT2D eigenvalue weighted by Gasteiger charge is 2.22. The Kier molecular flexibility index (Phi) is 6.27. The van der Waals surface area contributed by atoms with E-state index in [9.17, 15) is 4.79 Å². The van der Waals surface area contributed by atoms with Gasteiger partial charge in [0.1, 0.15) is 17.1 Å². The molecule has 0 saturated carbocycles. The number of rotatable bonds is 6. The lowest BCUT2D eigenvalue weighted by Crippen LogP contribution is -2.36. The molecular weight excluding hydrogens is 340 g/mol. The normalized spacial score (nSPS) is 15.3. The third-order valence-electron chi connectivity index (χ3n) is 5.01. The van der Waals surface area contributed by atoms with Crippen LogP contribution in [-0.4, -0.2) is 42.1 Å². The van der Waals surface area contributed by atoms with E-state index in [-0.39, 0.29) is 11.9 Å². The summed E-state index contributed by atoms with van der Waals surface area (Å²) in [6.07, 6.45) is 6.01. The molecule has 2 aromatic rings. The number of aromatic nitrogens is 2. The number of carbonyl (C=O) groups is 1. The highest BCUT2D eigenvalue weighted by molar-refractivity contribution is 5.99. The Hall–Kier alpha value is -2.63.